The predicted molar refractivity (Wildman–Crippen MR) is 79.8 cm³/mol. The van der Waals surface area contributed by atoms with E-state index in [4.69, 9.17) is 0 Å². The quantitative estimate of drug-likeness (QED) is 0.795. The van der Waals surface area contributed by atoms with Crippen LogP contribution in [0.15, 0.2) is 5.38 Å². The van der Waals surface area contributed by atoms with Gasteiger partial charge in [-0.2, -0.15) is 0 Å². The lowest BCUT2D eigenvalue weighted by molar-refractivity contribution is -0.131. The molecule has 1 amide bonds. The minimum Gasteiger partial charge on any atom is -0.396 e. The van der Waals surface area contributed by atoms with Crippen LogP contribution in [0.4, 0.5) is 0 Å². The maximum Gasteiger partial charge on any atom is 0.228 e. The highest BCUT2D eigenvalue weighted by atomic mass is 32.1. The summed E-state index contributed by atoms with van der Waals surface area (Å²) in [4.78, 5) is 18.1. The molecule has 0 saturated carbocycles. The third-order valence-electron chi connectivity index (χ3n) is 3.20. The Morgan fingerprint density at radius 1 is 1.45 bits per heavy atom. The van der Waals surface area contributed by atoms with E-state index in [0.717, 1.165) is 10.7 Å². The van der Waals surface area contributed by atoms with E-state index < -0.39 is 5.41 Å². The Kier molecular flexibility index (Phi) is 6.10. The second-order valence-electron chi connectivity index (χ2n) is 5.89. The van der Waals surface area contributed by atoms with Crippen LogP contribution in [0, 0.1) is 5.41 Å². The molecule has 5 nitrogen and oxygen atoms in total. The van der Waals surface area contributed by atoms with Gasteiger partial charge in [-0.05, 0) is 0 Å². The Morgan fingerprint density at radius 2 is 2.05 bits per heavy atom. The Hall–Kier alpha value is -0.980. The molecule has 2 N–H and O–H groups in total. The molecule has 0 unspecified atom stereocenters. The van der Waals surface area contributed by atoms with Gasteiger partial charge in [-0.3, -0.25) is 4.79 Å². The number of likely N-dealkylation sites (N-methyl/N-ethyl adjacent to an activating group) is 1. The molecule has 0 aliphatic heterocycles. The molecular weight excluding hydrogens is 276 g/mol. The molecule has 0 fully saturated rings. The van der Waals surface area contributed by atoms with Crippen LogP contribution in [-0.2, 0) is 11.2 Å². The number of aromatic nitrogens is 1. The zero-order valence-electron chi connectivity index (χ0n) is 12.6. The number of thiazole rings is 1. The van der Waals surface area contributed by atoms with E-state index in [2.05, 4.69) is 18.8 Å². The van der Waals surface area contributed by atoms with Crippen molar-refractivity contribution in [2.45, 2.75) is 33.1 Å². The molecule has 0 aliphatic carbocycles. The highest BCUT2D eigenvalue weighted by Crippen LogP contribution is 2.20. The van der Waals surface area contributed by atoms with Gasteiger partial charge in [0.2, 0.25) is 5.91 Å². The molecule has 1 aromatic rings. The maximum absolute atomic E-state index is 12.1. The van der Waals surface area contributed by atoms with Crippen LogP contribution in [0.25, 0.3) is 0 Å². The van der Waals surface area contributed by atoms with E-state index in [0.29, 0.717) is 12.5 Å². The number of nitrogens with zero attached hydrogens (tertiary/aromatic N) is 2. The van der Waals surface area contributed by atoms with Crippen molar-refractivity contribution >= 4 is 17.2 Å². The van der Waals surface area contributed by atoms with Crippen molar-refractivity contribution in [2.75, 3.05) is 26.8 Å². The number of amides is 1. The Balaban J connectivity index is 2.61. The van der Waals surface area contributed by atoms with Gasteiger partial charge in [-0.1, -0.05) is 20.8 Å². The number of aliphatic hydroxyl groups excluding tert-OH is 2. The normalized spacial score (nSPS) is 11.9. The molecule has 1 rings (SSSR count). The molecule has 0 aliphatic rings. The van der Waals surface area contributed by atoms with Gasteiger partial charge in [0.1, 0.15) is 0 Å². The van der Waals surface area contributed by atoms with Crippen molar-refractivity contribution in [1.29, 1.82) is 0 Å². The summed E-state index contributed by atoms with van der Waals surface area (Å²) in [6, 6.07) is 0. The predicted octanol–water partition coefficient (Wildman–Crippen LogP) is 1.26. The first kappa shape index (κ1) is 17.1. The lowest BCUT2D eigenvalue weighted by Crippen LogP contribution is -2.42. The molecule has 0 saturated heterocycles. The number of carbonyl (C=O) groups is 1. The van der Waals surface area contributed by atoms with Crippen molar-refractivity contribution in [3.8, 4) is 0 Å². The maximum atomic E-state index is 12.1. The smallest absolute Gasteiger partial charge is 0.228 e. The summed E-state index contributed by atoms with van der Waals surface area (Å²) >= 11 is 1.57. The summed E-state index contributed by atoms with van der Waals surface area (Å²) in [5, 5.41) is 21.5. The Labute approximate surface area is 124 Å². The molecule has 0 radical (unpaired) electrons. The van der Waals surface area contributed by atoms with Crippen molar-refractivity contribution < 1.29 is 15.0 Å². The van der Waals surface area contributed by atoms with Gasteiger partial charge in [0.15, 0.2) is 0 Å². The summed E-state index contributed by atoms with van der Waals surface area (Å²) in [6.45, 7) is 5.90. The monoisotopic (exact) mass is 300 g/mol. The van der Waals surface area contributed by atoms with Crippen molar-refractivity contribution in [3.05, 3.63) is 16.1 Å². The lowest BCUT2D eigenvalue weighted by Gasteiger charge is -2.30. The van der Waals surface area contributed by atoms with Crippen LogP contribution in [0.1, 0.15) is 37.4 Å². The van der Waals surface area contributed by atoms with Crippen LogP contribution in [-0.4, -0.2) is 52.8 Å². The van der Waals surface area contributed by atoms with Gasteiger partial charge >= 0.3 is 0 Å². The zero-order chi connectivity index (χ0) is 15.3. The van der Waals surface area contributed by atoms with Gasteiger partial charge in [0.05, 0.1) is 30.3 Å². The minimum absolute atomic E-state index is 0.0567. The number of rotatable bonds is 7. The lowest BCUT2D eigenvalue weighted by atomic mass is 9.92. The second-order valence-corrected chi connectivity index (χ2v) is 6.77. The van der Waals surface area contributed by atoms with Gasteiger partial charge in [-0.15, -0.1) is 11.3 Å². The fraction of sp³-hybridized carbons (Fsp3) is 0.714. The largest absolute Gasteiger partial charge is 0.396 e. The molecule has 1 heterocycles. The molecule has 0 spiro atoms. The summed E-state index contributed by atoms with van der Waals surface area (Å²) in [5.41, 5.74) is 0.112. The molecule has 0 atom stereocenters. The van der Waals surface area contributed by atoms with Gasteiger partial charge in [0, 0.05) is 30.3 Å². The first-order valence-corrected chi connectivity index (χ1v) is 7.59. The number of carbonyl (C=O) groups excluding carboxylic acids is 1. The van der Waals surface area contributed by atoms with E-state index in [-0.39, 0.29) is 25.5 Å². The van der Waals surface area contributed by atoms with Gasteiger partial charge in [-0.25, -0.2) is 4.98 Å². The number of hydrogen-bond donors (Lipinski definition) is 2. The van der Waals surface area contributed by atoms with Crippen LogP contribution in [0.5, 0.6) is 0 Å². The fourth-order valence-electron chi connectivity index (χ4n) is 1.77. The molecule has 1 aromatic heterocycles. The van der Waals surface area contributed by atoms with Crippen LogP contribution < -0.4 is 0 Å². The average Bonchev–Trinajstić information content (AvgIpc) is 2.87. The molecular formula is C14H24N2O3S. The average molecular weight is 300 g/mol. The standard InChI is InChI=1S/C14H24N2O3S/c1-10(2)13-15-11(6-20-13)5-12(19)16(4)7-14(3,8-17)9-18/h6,10,17-18H,5,7-9H2,1-4H3. The fourth-order valence-corrected chi connectivity index (χ4v) is 2.60. The summed E-state index contributed by atoms with van der Waals surface area (Å²) in [6.07, 6.45) is 0.257. The van der Waals surface area contributed by atoms with Crippen LogP contribution in [0.3, 0.4) is 0 Å². The number of hydrogen-bond acceptors (Lipinski definition) is 5. The molecule has 114 valence electrons. The van der Waals surface area contributed by atoms with Crippen molar-refractivity contribution in [2.24, 2.45) is 5.41 Å². The van der Waals surface area contributed by atoms with E-state index in [9.17, 15) is 15.0 Å². The summed E-state index contributed by atoms with van der Waals surface area (Å²) in [5.74, 6) is 0.312. The zero-order valence-corrected chi connectivity index (χ0v) is 13.4. The van der Waals surface area contributed by atoms with Crippen LogP contribution >= 0.6 is 11.3 Å². The highest BCUT2D eigenvalue weighted by molar-refractivity contribution is 7.09. The van der Waals surface area contributed by atoms with E-state index in [1.165, 1.54) is 0 Å². The molecule has 0 aromatic carbocycles. The first-order chi connectivity index (χ1) is 9.31. The van der Waals surface area contributed by atoms with Crippen LogP contribution in [0.2, 0.25) is 0 Å². The first-order valence-electron chi connectivity index (χ1n) is 6.71. The molecule has 0 bridgehead atoms. The SMILES string of the molecule is CC(C)c1nc(CC(=O)N(C)CC(C)(CO)CO)cs1. The highest BCUT2D eigenvalue weighted by Gasteiger charge is 2.26. The third kappa shape index (κ3) is 4.54. The van der Waals surface area contributed by atoms with E-state index >= 15 is 0 Å². The summed E-state index contributed by atoms with van der Waals surface area (Å²) in [7, 11) is 1.68. The number of aliphatic hydroxyl groups is 2. The Bertz CT molecular complexity index is 441. The van der Waals surface area contributed by atoms with E-state index in [1.807, 2.05) is 5.38 Å². The van der Waals surface area contributed by atoms with E-state index in [1.54, 1.807) is 30.2 Å². The van der Waals surface area contributed by atoms with Crippen molar-refractivity contribution in [3.63, 3.8) is 0 Å². The van der Waals surface area contributed by atoms with Gasteiger partial charge < -0.3 is 15.1 Å². The third-order valence-corrected chi connectivity index (χ3v) is 4.40. The Morgan fingerprint density at radius 3 is 2.50 bits per heavy atom. The summed E-state index contributed by atoms with van der Waals surface area (Å²) < 4.78 is 0. The second kappa shape index (κ2) is 7.15. The van der Waals surface area contributed by atoms with Crippen molar-refractivity contribution in [1.82, 2.24) is 9.88 Å². The van der Waals surface area contributed by atoms with Gasteiger partial charge in [0.25, 0.3) is 0 Å². The molecule has 6 heteroatoms. The molecule has 20 heavy (non-hydrogen) atoms. The minimum atomic E-state index is -0.671. The topological polar surface area (TPSA) is 73.7 Å².